The molecule has 6 nitrogen and oxygen atoms in total. The van der Waals surface area contributed by atoms with Crippen molar-refractivity contribution in [3.05, 3.63) is 24.3 Å². The van der Waals surface area contributed by atoms with Crippen LogP contribution in [0.2, 0.25) is 0 Å². The SMILES string of the molecule is CCn1c(SC(C)C(=O)N2CCCC2)nnc1-c1ccc(OC)cc1. The lowest BCUT2D eigenvalue weighted by atomic mass is 10.2. The highest BCUT2D eigenvalue weighted by Crippen LogP contribution is 2.29. The van der Waals surface area contributed by atoms with Crippen molar-refractivity contribution in [3.8, 4) is 17.1 Å². The van der Waals surface area contributed by atoms with Crippen LogP contribution in [0.15, 0.2) is 29.4 Å². The summed E-state index contributed by atoms with van der Waals surface area (Å²) in [5.41, 5.74) is 0.987. The maximum absolute atomic E-state index is 12.5. The predicted octanol–water partition coefficient (Wildman–Crippen LogP) is 3.08. The third kappa shape index (κ3) is 3.81. The third-order valence-corrected chi connectivity index (χ3v) is 5.50. The van der Waals surface area contributed by atoms with Crippen molar-refractivity contribution < 1.29 is 9.53 Å². The molecule has 134 valence electrons. The molecule has 1 atom stereocenters. The zero-order valence-electron chi connectivity index (χ0n) is 14.9. The van der Waals surface area contributed by atoms with E-state index in [1.165, 1.54) is 11.8 Å². The minimum absolute atomic E-state index is 0.156. The smallest absolute Gasteiger partial charge is 0.235 e. The van der Waals surface area contributed by atoms with Crippen LogP contribution >= 0.6 is 11.8 Å². The van der Waals surface area contributed by atoms with E-state index < -0.39 is 0 Å². The highest BCUT2D eigenvalue weighted by atomic mass is 32.2. The van der Waals surface area contributed by atoms with Gasteiger partial charge in [-0.1, -0.05) is 11.8 Å². The first kappa shape index (κ1) is 17.8. The molecule has 0 aliphatic carbocycles. The summed E-state index contributed by atoms with van der Waals surface area (Å²) in [6.45, 7) is 6.52. The van der Waals surface area contributed by atoms with Crippen LogP contribution in [0.4, 0.5) is 0 Å². The average molecular weight is 360 g/mol. The van der Waals surface area contributed by atoms with Gasteiger partial charge in [-0.05, 0) is 51.0 Å². The number of benzene rings is 1. The van der Waals surface area contributed by atoms with Gasteiger partial charge in [0.25, 0.3) is 0 Å². The molecule has 3 rings (SSSR count). The van der Waals surface area contributed by atoms with Crippen molar-refractivity contribution in [2.45, 2.75) is 43.6 Å². The number of nitrogens with zero attached hydrogens (tertiary/aromatic N) is 4. The van der Waals surface area contributed by atoms with Gasteiger partial charge in [0.2, 0.25) is 5.91 Å². The lowest BCUT2D eigenvalue weighted by Gasteiger charge is -2.19. The van der Waals surface area contributed by atoms with E-state index in [0.717, 1.165) is 54.8 Å². The van der Waals surface area contributed by atoms with Gasteiger partial charge in [-0.25, -0.2) is 0 Å². The van der Waals surface area contributed by atoms with Crippen LogP contribution in [0.1, 0.15) is 26.7 Å². The molecule has 1 aliphatic heterocycles. The molecule has 0 N–H and O–H groups in total. The van der Waals surface area contributed by atoms with Gasteiger partial charge in [-0.3, -0.25) is 4.79 Å². The van der Waals surface area contributed by atoms with E-state index in [1.807, 2.05) is 36.1 Å². The topological polar surface area (TPSA) is 60.2 Å². The summed E-state index contributed by atoms with van der Waals surface area (Å²) < 4.78 is 7.26. The standard InChI is InChI=1S/C18H24N4O2S/c1-4-22-16(14-7-9-15(24-3)10-8-14)19-20-18(22)25-13(2)17(23)21-11-5-6-12-21/h7-10,13H,4-6,11-12H2,1-3H3. The highest BCUT2D eigenvalue weighted by Gasteiger charge is 2.26. The predicted molar refractivity (Wildman–Crippen MR) is 98.8 cm³/mol. The Labute approximate surface area is 152 Å². The lowest BCUT2D eigenvalue weighted by molar-refractivity contribution is -0.129. The molecule has 2 heterocycles. The summed E-state index contributed by atoms with van der Waals surface area (Å²) in [5, 5.41) is 9.31. The van der Waals surface area contributed by atoms with Gasteiger partial charge in [-0.15, -0.1) is 10.2 Å². The largest absolute Gasteiger partial charge is 0.497 e. The molecule has 1 unspecified atom stereocenters. The molecule has 0 spiro atoms. The molecule has 0 saturated carbocycles. The Morgan fingerprint density at radius 2 is 1.92 bits per heavy atom. The number of carbonyl (C=O) groups is 1. The van der Waals surface area contributed by atoms with Gasteiger partial charge >= 0.3 is 0 Å². The van der Waals surface area contributed by atoms with Gasteiger partial charge < -0.3 is 14.2 Å². The fourth-order valence-corrected chi connectivity index (χ4v) is 4.01. The quantitative estimate of drug-likeness (QED) is 0.741. The molecule has 1 amide bonds. The van der Waals surface area contributed by atoms with Crippen LogP contribution < -0.4 is 4.74 Å². The van der Waals surface area contributed by atoms with Crippen molar-refractivity contribution in [1.82, 2.24) is 19.7 Å². The van der Waals surface area contributed by atoms with Crippen LogP contribution in [0.5, 0.6) is 5.75 Å². The summed E-state index contributed by atoms with van der Waals surface area (Å²) in [6, 6.07) is 7.78. The number of carbonyl (C=O) groups excluding carboxylic acids is 1. The molecule has 25 heavy (non-hydrogen) atoms. The number of likely N-dealkylation sites (tertiary alicyclic amines) is 1. The van der Waals surface area contributed by atoms with Gasteiger partial charge in [0.15, 0.2) is 11.0 Å². The Morgan fingerprint density at radius 3 is 2.52 bits per heavy atom. The van der Waals surface area contributed by atoms with Gasteiger partial charge in [-0.2, -0.15) is 0 Å². The van der Waals surface area contributed by atoms with Crippen molar-refractivity contribution in [3.63, 3.8) is 0 Å². The Bertz CT molecular complexity index is 723. The summed E-state index contributed by atoms with van der Waals surface area (Å²) in [6.07, 6.45) is 2.21. The molecular weight excluding hydrogens is 336 g/mol. The summed E-state index contributed by atoms with van der Waals surface area (Å²) in [5.74, 6) is 1.82. The van der Waals surface area contributed by atoms with Crippen LogP contribution in [0.3, 0.4) is 0 Å². The first-order valence-electron chi connectivity index (χ1n) is 8.67. The van der Waals surface area contributed by atoms with Gasteiger partial charge in [0.1, 0.15) is 5.75 Å². The van der Waals surface area contributed by atoms with Crippen molar-refractivity contribution in [2.24, 2.45) is 0 Å². The lowest BCUT2D eigenvalue weighted by Crippen LogP contribution is -2.34. The second-order valence-electron chi connectivity index (χ2n) is 6.07. The zero-order valence-corrected chi connectivity index (χ0v) is 15.8. The number of amides is 1. The summed E-state index contributed by atoms with van der Waals surface area (Å²) in [4.78, 5) is 14.5. The molecule has 1 aromatic heterocycles. The maximum atomic E-state index is 12.5. The van der Waals surface area contributed by atoms with Crippen molar-refractivity contribution >= 4 is 17.7 Å². The molecule has 0 radical (unpaired) electrons. The number of aromatic nitrogens is 3. The second kappa shape index (κ2) is 7.91. The molecule has 1 saturated heterocycles. The van der Waals surface area contributed by atoms with Crippen LogP contribution in [-0.4, -0.2) is 51.0 Å². The van der Waals surface area contributed by atoms with E-state index in [9.17, 15) is 4.79 Å². The third-order valence-electron chi connectivity index (χ3n) is 4.43. The normalized spacial score (nSPS) is 15.4. The van der Waals surface area contributed by atoms with E-state index in [2.05, 4.69) is 21.7 Å². The number of rotatable bonds is 6. The minimum Gasteiger partial charge on any atom is -0.497 e. The van der Waals surface area contributed by atoms with E-state index in [4.69, 9.17) is 4.74 Å². The van der Waals surface area contributed by atoms with Gasteiger partial charge in [0, 0.05) is 25.2 Å². The molecule has 0 bridgehead atoms. The van der Waals surface area contributed by atoms with Crippen molar-refractivity contribution in [2.75, 3.05) is 20.2 Å². The maximum Gasteiger partial charge on any atom is 0.235 e. The van der Waals surface area contributed by atoms with E-state index in [-0.39, 0.29) is 11.2 Å². The Balaban J connectivity index is 1.78. The first-order chi connectivity index (χ1) is 12.1. The van der Waals surface area contributed by atoms with Crippen LogP contribution in [0.25, 0.3) is 11.4 Å². The Kier molecular flexibility index (Phi) is 5.63. The minimum atomic E-state index is -0.156. The van der Waals surface area contributed by atoms with E-state index in [0.29, 0.717) is 0 Å². The van der Waals surface area contributed by atoms with Crippen LogP contribution in [0, 0.1) is 0 Å². The average Bonchev–Trinajstić information content (AvgIpc) is 3.31. The molecule has 1 fully saturated rings. The Morgan fingerprint density at radius 1 is 1.24 bits per heavy atom. The summed E-state index contributed by atoms with van der Waals surface area (Å²) in [7, 11) is 1.65. The molecular formula is C18H24N4O2S. The monoisotopic (exact) mass is 360 g/mol. The number of methoxy groups -OCH3 is 1. The van der Waals surface area contributed by atoms with Gasteiger partial charge in [0.05, 0.1) is 12.4 Å². The van der Waals surface area contributed by atoms with Crippen LogP contribution in [-0.2, 0) is 11.3 Å². The van der Waals surface area contributed by atoms with Crippen molar-refractivity contribution in [1.29, 1.82) is 0 Å². The zero-order chi connectivity index (χ0) is 17.8. The molecule has 2 aromatic rings. The van der Waals surface area contributed by atoms with E-state index in [1.54, 1.807) is 7.11 Å². The second-order valence-corrected chi connectivity index (χ2v) is 7.38. The fraction of sp³-hybridized carbons (Fsp3) is 0.500. The number of hydrogen-bond acceptors (Lipinski definition) is 5. The van der Waals surface area contributed by atoms with E-state index >= 15 is 0 Å². The molecule has 1 aliphatic rings. The number of hydrogen-bond donors (Lipinski definition) is 0. The number of thioether (sulfide) groups is 1. The first-order valence-corrected chi connectivity index (χ1v) is 9.55. The fourth-order valence-electron chi connectivity index (χ4n) is 3.02. The molecule has 7 heteroatoms. The molecule has 1 aromatic carbocycles. The number of ether oxygens (including phenoxy) is 1. The Hall–Kier alpha value is -2.02. The summed E-state index contributed by atoms with van der Waals surface area (Å²) >= 11 is 1.49. The highest BCUT2D eigenvalue weighted by molar-refractivity contribution is 8.00.